The van der Waals surface area contributed by atoms with Crippen LogP contribution >= 0.6 is 15.9 Å². The van der Waals surface area contributed by atoms with Crippen molar-refractivity contribution in [2.45, 2.75) is 57.5 Å². The zero-order valence-electron chi connectivity index (χ0n) is 11.7. The van der Waals surface area contributed by atoms with E-state index in [1.165, 1.54) is 38.6 Å². The number of fused-ring (bicyclic) bond motifs is 1. The lowest BCUT2D eigenvalue weighted by molar-refractivity contribution is -0.0956. The first-order valence-corrected chi connectivity index (χ1v) is 8.77. The molecule has 1 aliphatic heterocycles. The molecule has 3 atom stereocenters. The number of hydrogen-bond donors (Lipinski definition) is 1. The van der Waals surface area contributed by atoms with Gasteiger partial charge in [0, 0.05) is 24.3 Å². The molecule has 0 amide bonds. The molecule has 0 aromatic rings. The molecule has 1 saturated carbocycles. The molecule has 2 rings (SSSR count). The van der Waals surface area contributed by atoms with Crippen molar-refractivity contribution in [1.29, 1.82) is 0 Å². The Hall–Kier alpha value is 0.400. The lowest BCUT2D eigenvalue weighted by Gasteiger charge is -2.47. The van der Waals surface area contributed by atoms with Crippen LogP contribution in [0.1, 0.15) is 51.9 Å². The SMILES string of the molecule is CC(CCBr)CCN1CCC2(O)CCCCC2C1. The van der Waals surface area contributed by atoms with E-state index in [0.29, 0.717) is 5.92 Å². The number of nitrogens with zero attached hydrogens (tertiary/aromatic N) is 1. The van der Waals surface area contributed by atoms with Crippen LogP contribution in [0.25, 0.3) is 0 Å². The number of aliphatic hydroxyl groups is 1. The fourth-order valence-electron chi connectivity index (χ4n) is 3.58. The van der Waals surface area contributed by atoms with E-state index >= 15 is 0 Å². The van der Waals surface area contributed by atoms with Crippen LogP contribution in [0, 0.1) is 11.8 Å². The van der Waals surface area contributed by atoms with E-state index < -0.39 is 0 Å². The molecule has 1 aliphatic carbocycles. The van der Waals surface area contributed by atoms with Gasteiger partial charge in [0.15, 0.2) is 0 Å². The predicted octanol–water partition coefficient (Wildman–Crippen LogP) is 3.42. The van der Waals surface area contributed by atoms with Crippen molar-refractivity contribution in [3.8, 4) is 0 Å². The van der Waals surface area contributed by atoms with Gasteiger partial charge in [-0.3, -0.25) is 0 Å². The summed E-state index contributed by atoms with van der Waals surface area (Å²) in [4.78, 5) is 2.59. The molecule has 106 valence electrons. The molecule has 18 heavy (non-hydrogen) atoms. The number of likely N-dealkylation sites (tertiary alicyclic amines) is 1. The van der Waals surface area contributed by atoms with Gasteiger partial charge in [-0.15, -0.1) is 0 Å². The second kappa shape index (κ2) is 6.71. The third-order valence-electron chi connectivity index (χ3n) is 5.05. The largest absolute Gasteiger partial charge is 0.390 e. The molecule has 0 aromatic heterocycles. The summed E-state index contributed by atoms with van der Waals surface area (Å²) in [5.41, 5.74) is -0.309. The third-order valence-corrected chi connectivity index (χ3v) is 5.51. The Morgan fingerprint density at radius 3 is 2.94 bits per heavy atom. The van der Waals surface area contributed by atoms with Crippen LogP contribution < -0.4 is 0 Å². The summed E-state index contributed by atoms with van der Waals surface area (Å²) < 4.78 is 0. The number of alkyl halides is 1. The Balaban J connectivity index is 1.76. The van der Waals surface area contributed by atoms with Crippen LogP contribution in [0.3, 0.4) is 0 Å². The highest BCUT2D eigenvalue weighted by Gasteiger charge is 2.42. The van der Waals surface area contributed by atoms with Gasteiger partial charge < -0.3 is 10.0 Å². The summed E-state index contributed by atoms with van der Waals surface area (Å²) >= 11 is 3.52. The Labute approximate surface area is 120 Å². The average Bonchev–Trinajstić information content (AvgIpc) is 2.36. The highest BCUT2D eigenvalue weighted by atomic mass is 79.9. The summed E-state index contributed by atoms with van der Waals surface area (Å²) in [6, 6.07) is 0. The minimum atomic E-state index is -0.309. The summed E-state index contributed by atoms with van der Waals surface area (Å²) in [6.07, 6.45) is 8.42. The first-order valence-electron chi connectivity index (χ1n) is 7.65. The van der Waals surface area contributed by atoms with Crippen molar-refractivity contribution < 1.29 is 5.11 Å². The van der Waals surface area contributed by atoms with Crippen LogP contribution in [0.2, 0.25) is 0 Å². The molecule has 3 unspecified atom stereocenters. The third kappa shape index (κ3) is 3.71. The molecule has 0 aromatic carbocycles. The number of hydrogen-bond acceptors (Lipinski definition) is 2. The van der Waals surface area contributed by atoms with Crippen LogP contribution in [0.4, 0.5) is 0 Å². The fourth-order valence-corrected chi connectivity index (χ4v) is 4.36. The Morgan fingerprint density at radius 2 is 2.17 bits per heavy atom. The van der Waals surface area contributed by atoms with Crippen LogP contribution in [-0.2, 0) is 0 Å². The smallest absolute Gasteiger partial charge is 0.0700 e. The topological polar surface area (TPSA) is 23.5 Å². The summed E-state index contributed by atoms with van der Waals surface area (Å²) in [5.74, 6) is 1.36. The van der Waals surface area contributed by atoms with Crippen molar-refractivity contribution in [2.24, 2.45) is 11.8 Å². The van der Waals surface area contributed by atoms with Crippen molar-refractivity contribution in [3.63, 3.8) is 0 Å². The zero-order chi connectivity index (χ0) is 13.0. The molecule has 2 fully saturated rings. The van der Waals surface area contributed by atoms with Crippen molar-refractivity contribution in [2.75, 3.05) is 25.0 Å². The molecular formula is C15H28BrNO. The summed E-state index contributed by atoms with van der Waals surface area (Å²) in [6.45, 7) is 5.81. The second-order valence-electron chi connectivity index (χ2n) is 6.47. The Morgan fingerprint density at radius 1 is 1.33 bits per heavy atom. The molecular weight excluding hydrogens is 290 g/mol. The quantitative estimate of drug-likeness (QED) is 0.785. The standard InChI is InChI=1S/C15H28BrNO/c1-13(5-9-16)6-10-17-11-8-15(18)7-3-2-4-14(15)12-17/h13-14,18H,2-12H2,1H3. The Kier molecular flexibility index (Phi) is 5.52. The normalized spacial score (nSPS) is 35.2. The molecule has 0 radical (unpaired) electrons. The first-order chi connectivity index (χ1) is 8.64. The van der Waals surface area contributed by atoms with E-state index in [1.807, 2.05) is 0 Å². The van der Waals surface area contributed by atoms with Gasteiger partial charge in [-0.25, -0.2) is 0 Å². The minimum absolute atomic E-state index is 0.309. The van der Waals surface area contributed by atoms with Gasteiger partial charge in [-0.05, 0) is 44.6 Å². The lowest BCUT2D eigenvalue weighted by atomic mass is 9.71. The average molecular weight is 318 g/mol. The van der Waals surface area contributed by atoms with Gasteiger partial charge in [-0.1, -0.05) is 35.7 Å². The van der Waals surface area contributed by atoms with Crippen LogP contribution in [0.5, 0.6) is 0 Å². The first kappa shape index (κ1) is 14.8. The molecule has 0 bridgehead atoms. The summed E-state index contributed by atoms with van der Waals surface area (Å²) in [5, 5.41) is 11.8. The van der Waals surface area contributed by atoms with E-state index in [9.17, 15) is 5.11 Å². The minimum Gasteiger partial charge on any atom is -0.390 e. The number of piperidine rings is 1. The maximum atomic E-state index is 10.6. The molecule has 1 saturated heterocycles. The molecule has 2 aliphatic rings. The van der Waals surface area contributed by atoms with Crippen molar-refractivity contribution in [3.05, 3.63) is 0 Å². The molecule has 2 nitrogen and oxygen atoms in total. The summed E-state index contributed by atoms with van der Waals surface area (Å²) in [7, 11) is 0. The maximum Gasteiger partial charge on any atom is 0.0700 e. The van der Waals surface area contributed by atoms with E-state index in [4.69, 9.17) is 0 Å². The van der Waals surface area contributed by atoms with Gasteiger partial charge in [-0.2, -0.15) is 0 Å². The second-order valence-corrected chi connectivity index (χ2v) is 7.26. The molecule has 0 spiro atoms. The molecule has 1 N–H and O–H groups in total. The van der Waals surface area contributed by atoms with Gasteiger partial charge in [0.25, 0.3) is 0 Å². The zero-order valence-corrected chi connectivity index (χ0v) is 13.3. The number of rotatable bonds is 5. The number of halogens is 1. The van der Waals surface area contributed by atoms with Crippen molar-refractivity contribution >= 4 is 15.9 Å². The van der Waals surface area contributed by atoms with Crippen molar-refractivity contribution in [1.82, 2.24) is 4.90 Å². The van der Waals surface area contributed by atoms with E-state index in [1.54, 1.807) is 0 Å². The van der Waals surface area contributed by atoms with Crippen LogP contribution in [-0.4, -0.2) is 40.6 Å². The fraction of sp³-hybridized carbons (Fsp3) is 1.00. The predicted molar refractivity (Wildman–Crippen MR) is 80.2 cm³/mol. The van der Waals surface area contributed by atoms with Gasteiger partial charge in [0.1, 0.15) is 0 Å². The van der Waals surface area contributed by atoms with E-state index in [-0.39, 0.29) is 5.60 Å². The van der Waals surface area contributed by atoms with Crippen LogP contribution in [0.15, 0.2) is 0 Å². The molecule has 1 heterocycles. The van der Waals surface area contributed by atoms with Gasteiger partial charge in [0.05, 0.1) is 5.60 Å². The highest BCUT2D eigenvalue weighted by Crippen LogP contribution is 2.39. The van der Waals surface area contributed by atoms with E-state index in [0.717, 1.165) is 37.2 Å². The van der Waals surface area contributed by atoms with Gasteiger partial charge in [0.2, 0.25) is 0 Å². The highest BCUT2D eigenvalue weighted by molar-refractivity contribution is 9.09. The lowest BCUT2D eigenvalue weighted by Crippen LogP contribution is -2.53. The monoisotopic (exact) mass is 317 g/mol. The Bertz CT molecular complexity index is 261. The maximum absolute atomic E-state index is 10.6. The molecule has 3 heteroatoms. The van der Waals surface area contributed by atoms with E-state index in [2.05, 4.69) is 27.8 Å². The van der Waals surface area contributed by atoms with Gasteiger partial charge >= 0.3 is 0 Å².